The number of rotatable bonds is 6. The molecule has 0 aliphatic heterocycles. The zero-order valence-corrected chi connectivity index (χ0v) is 16.2. The van der Waals surface area contributed by atoms with Gasteiger partial charge < -0.3 is 10.1 Å². The van der Waals surface area contributed by atoms with Crippen LogP contribution in [0.1, 0.15) is 25.5 Å². The lowest BCUT2D eigenvalue weighted by Gasteiger charge is -2.16. The molecule has 28 heavy (non-hydrogen) atoms. The average Bonchev–Trinajstić information content (AvgIpc) is 2.70. The summed E-state index contributed by atoms with van der Waals surface area (Å²) in [6, 6.07) is 17.3. The van der Waals surface area contributed by atoms with Crippen molar-refractivity contribution in [2.75, 3.05) is 11.9 Å². The van der Waals surface area contributed by atoms with Gasteiger partial charge >= 0.3 is 0 Å². The van der Waals surface area contributed by atoms with Crippen LogP contribution in [0, 0.1) is 6.92 Å². The van der Waals surface area contributed by atoms with E-state index in [0.717, 1.165) is 11.1 Å². The summed E-state index contributed by atoms with van der Waals surface area (Å²) in [5.41, 5.74) is 2.88. The average molecular weight is 377 g/mol. The van der Waals surface area contributed by atoms with Crippen molar-refractivity contribution < 1.29 is 9.53 Å². The molecule has 0 saturated carbocycles. The van der Waals surface area contributed by atoms with Gasteiger partial charge in [-0.3, -0.25) is 9.59 Å². The predicted molar refractivity (Wildman–Crippen MR) is 110 cm³/mol. The molecule has 0 aliphatic rings. The molecule has 2 aromatic carbocycles. The third-order valence-corrected chi connectivity index (χ3v) is 4.36. The van der Waals surface area contributed by atoms with Crippen LogP contribution in [0.5, 0.6) is 5.75 Å². The van der Waals surface area contributed by atoms with Crippen LogP contribution < -0.4 is 15.6 Å². The fraction of sp³-hybridized carbons (Fsp3) is 0.227. The highest BCUT2D eigenvalue weighted by atomic mass is 16.5. The van der Waals surface area contributed by atoms with Gasteiger partial charge in [-0.05, 0) is 39.0 Å². The first-order chi connectivity index (χ1) is 13.5. The third-order valence-electron chi connectivity index (χ3n) is 4.36. The van der Waals surface area contributed by atoms with Crippen LogP contribution in [0.25, 0.3) is 11.3 Å². The van der Waals surface area contributed by atoms with Gasteiger partial charge in [0.05, 0.1) is 18.0 Å². The SMILES string of the molecule is CCOc1ccccc1NC(=O)C(C)n1nc(-c2ccc(C)cc2)ccc1=O. The van der Waals surface area contributed by atoms with Crippen LogP contribution in [0.4, 0.5) is 5.69 Å². The highest BCUT2D eigenvalue weighted by Gasteiger charge is 2.19. The lowest BCUT2D eigenvalue weighted by molar-refractivity contribution is -0.119. The van der Waals surface area contributed by atoms with Crippen LogP contribution in [-0.2, 0) is 4.79 Å². The lowest BCUT2D eigenvalue weighted by Crippen LogP contribution is -2.33. The van der Waals surface area contributed by atoms with E-state index in [9.17, 15) is 9.59 Å². The van der Waals surface area contributed by atoms with Crippen molar-refractivity contribution in [3.8, 4) is 17.0 Å². The molecular weight excluding hydrogens is 354 g/mol. The van der Waals surface area contributed by atoms with E-state index in [0.29, 0.717) is 23.7 Å². The minimum atomic E-state index is -0.785. The molecular formula is C22H23N3O3. The monoisotopic (exact) mass is 377 g/mol. The molecule has 3 aromatic rings. The number of aryl methyl sites for hydroxylation is 1. The van der Waals surface area contributed by atoms with Gasteiger partial charge in [0.15, 0.2) is 0 Å². The fourth-order valence-corrected chi connectivity index (χ4v) is 2.78. The Balaban J connectivity index is 1.86. The van der Waals surface area contributed by atoms with E-state index in [2.05, 4.69) is 10.4 Å². The topological polar surface area (TPSA) is 73.2 Å². The summed E-state index contributed by atoms with van der Waals surface area (Å²) in [6.07, 6.45) is 0. The summed E-state index contributed by atoms with van der Waals surface area (Å²) in [6.45, 7) is 6.01. The van der Waals surface area contributed by atoms with Crippen LogP contribution in [-0.4, -0.2) is 22.3 Å². The highest BCUT2D eigenvalue weighted by molar-refractivity contribution is 5.94. The predicted octanol–water partition coefficient (Wildman–Crippen LogP) is 3.82. The Morgan fingerprint density at radius 1 is 1.11 bits per heavy atom. The normalized spacial score (nSPS) is 11.7. The largest absolute Gasteiger partial charge is 0.492 e. The summed E-state index contributed by atoms with van der Waals surface area (Å²) in [5, 5.41) is 7.23. The molecule has 1 amide bonds. The molecule has 1 heterocycles. The molecule has 0 spiro atoms. The van der Waals surface area contributed by atoms with Crippen molar-refractivity contribution in [3.05, 3.63) is 76.6 Å². The summed E-state index contributed by atoms with van der Waals surface area (Å²) >= 11 is 0. The number of hydrogen-bond donors (Lipinski definition) is 1. The number of carbonyl (C=O) groups is 1. The maximum Gasteiger partial charge on any atom is 0.267 e. The summed E-state index contributed by atoms with van der Waals surface area (Å²) < 4.78 is 6.74. The van der Waals surface area contributed by atoms with Gasteiger partial charge in [-0.15, -0.1) is 0 Å². The second kappa shape index (κ2) is 8.52. The molecule has 3 rings (SSSR count). The smallest absolute Gasteiger partial charge is 0.267 e. The van der Waals surface area contributed by atoms with Crippen molar-refractivity contribution in [1.82, 2.24) is 9.78 Å². The number of aromatic nitrogens is 2. The van der Waals surface area contributed by atoms with E-state index < -0.39 is 6.04 Å². The first-order valence-corrected chi connectivity index (χ1v) is 9.19. The number of carbonyl (C=O) groups excluding carboxylic acids is 1. The Morgan fingerprint density at radius 3 is 2.54 bits per heavy atom. The van der Waals surface area contributed by atoms with Crippen molar-refractivity contribution >= 4 is 11.6 Å². The Kier molecular flexibility index (Phi) is 5.89. The van der Waals surface area contributed by atoms with E-state index in [-0.39, 0.29) is 11.5 Å². The van der Waals surface area contributed by atoms with Gasteiger partial charge in [-0.2, -0.15) is 5.10 Å². The molecule has 1 N–H and O–H groups in total. The van der Waals surface area contributed by atoms with Gasteiger partial charge in [0.25, 0.3) is 5.56 Å². The highest BCUT2D eigenvalue weighted by Crippen LogP contribution is 2.24. The number of ether oxygens (including phenoxy) is 1. The van der Waals surface area contributed by atoms with E-state index in [1.807, 2.05) is 50.2 Å². The van der Waals surface area contributed by atoms with Crippen molar-refractivity contribution in [1.29, 1.82) is 0 Å². The number of nitrogens with one attached hydrogen (secondary N) is 1. The minimum absolute atomic E-state index is 0.336. The molecule has 1 atom stereocenters. The number of benzene rings is 2. The Labute approximate surface area is 163 Å². The minimum Gasteiger partial charge on any atom is -0.492 e. The van der Waals surface area contributed by atoms with Crippen LogP contribution >= 0.6 is 0 Å². The number of hydrogen-bond acceptors (Lipinski definition) is 4. The second-order valence-electron chi connectivity index (χ2n) is 6.46. The molecule has 6 heteroatoms. The number of para-hydroxylation sites is 2. The molecule has 0 bridgehead atoms. The van der Waals surface area contributed by atoms with E-state index in [1.165, 1.54) is 10.7 Å². The number of amides is 1. The van der Waals surface area contributed by atoms with Crippen molar-refractivity contribution in [2.45, 2.75) is 26.8 Å². The first kappa shape index (κ1) is 19.4. The van der Waals surface area contributed by atoms with Gasteiger partial charge in [0.1, 0.15) is 11.8 Å². The Morgan fingerprint density at radius 2 is 1.82 bits per heavy atom. The summed E-state index contributed by atoms with van der Waals surface area (Å²) in [4.78, 5) is 25.1. The van der Waals surface area contributed by atoms with Crippen LogP contribution in [0.15, 0.2) is 65.5 Å². The molecule has 0 aliphatic carbocycles. The maximum atomic E-state index is 12.7. The van der Waals surface area contributed by atoms with Gasteiger partial charge in [0, 0.05) is 11.6 Å². The van der Waals surface area contributed by atoms with Crippen molar-refractivity contribution in [3.63, 3.8) is 0 Å². The van der Waals surface area contributed by atoms with E-state index in [4.69, 9.17) is 4.74 Å². The van der Waals surface area contributed by atoms with Crippen LogP contribution in [0.2, 0.25) is 0 Å². The summed E-state index contributed by atoms with van der Waals surface area (Å²) in [5.74, 6) is 0.238. The zero-order chi connectivity index (χ0) is 20.1. The van der Waals surface area contributed by atoms with Crippen LogP contribution in [0.3, 0.4) is 0 Å². The van der Waals surface area contributed by atoms with Crippen molar-refractivity contribution in [2.24, 2.45) is 0 Å². The lowest BCUT2D eigenvalue weighted by atomic mass is 10.1. The fourth-order valence-electron chi connectivity index (χ4n) is 2.78. The summed E-state index contributed by atoms with van der Waals surface area (Å²) in [7, 11) is 0. The molecule has 0 saturated heterocycles. The molecule has 1 unspecified atom stereocenters. The Hall–Kier alpha value is -3.41. The zero-order valence-electron chi connectivity index (χ0n) is 16.2. The van der Waals surface area contributed by atoms with Gasteiger partial charge in [-0.25, -0.2) is 4.68 Å². The second-order valence-corrected chi connectivity index (χ2v) is 6.46. The molecule has 6 nitrogen and oxygen atoms in total. The standard InChI is InChI=1S/C22H23N3O3/c1-4-28-20-8-6-5-7-19(20)23-22(27)16(3)25-21(26)14-13-18(24-25)17-11-9-15(2)10-12-17/h5-14,16H,4H2,1-3H3,(H,23,27). The van der Waals surface area contributed by atoms with E-state index in [1.54, 1.807) is 25.1 Å². The number of anilines is 1. The van der Waals surface area contributed by atoms with Gasteiger partial charge in [0.2, 0.25) is 5.91 Å². The molecule has 144 valence electrons. The maximum absolute atomic E-state index is 12.7. The molecule has 0 radical (unpaired) electrons. The van der Waals surface area contributed by atoms with Gasteiger partial charge in [-0.1, -0.05) is 42.0 Å². The first-order valence-electron chi connectivity index (χ1n) is 9.19. The number of nitrogens with zero attached hydrogens (tertiary/aromatic N) is 2. The quantitative estimate of drug-likeness (QED) is 0.709. The Bertz CT molecular complexity index is 1030. The molecule has 1 aromatic heterocycles. The third kappa shape index (κ3) is 4.28. The van der Waals surface area contributed by atoms with E-state index >= 15 is 0 Å². The molecule has 0 fully saturated rings.